The Morgan fingerprint density at radius 1 is 1.23 bits per heavy atom. The quantitative estimate of drug-likeness (QED) is 0.681. The summed E-state index contributed by atoms with van der Waals surface area (Å²) in [7, 11) is 1.61. The summed E-state index contributed by atoms with van der Waals surface area (Å²) in [5.41, 5.74) is 6.74. The van der Waals surface area contributed by atoms with Crippen LogP contribution in [-0.2, 0) is 11.2 Å². The highest BCUT2D eigenvalue weighted by Gasteiger charge is 2.05. The van der Waals surface area contributed by atoms with Gasteiger partial charge in [0.15, 0.2) is 0 Å². The van der Waals surface area contributed by atoms with Gasteiger partial charge in [-0.25, -0.2) is 5.43 Å². The fraction of sp³-hybridized carbons (Fsp3) is 0.222. The molecule has 2 rings (SSSR count). The van der Waals surface area contributed by atoms with Crippen LogP contribution in [0.5, 0.6) is 5.75 Å². The summed E-state index contributed by atoms with van der Waals surface area (Å²) in [6.07, 6.45) is 1.92. The van der Waals surface area contributed by atoms with Crippen molar-refractivity contribution in [1.82, 2.24) is 5.43 Å². The van der Waals surface area contributed by atoms with Gasteiger partial charge in [0.25, 0.3) is 0 Å². The van der Waals surface area contributed by atoms with Crippen molar-refractivity contribution in [1.29, 1.82) is 0 Å². The molecule has 0 saturated carbocycles. The van der Waals surface area contributed by atoms with E-state index in [0.717, 1.165) is 22.4 Å². The van der Waals surface area contributed by atoms with Gasteiger partial charge in [0.1, 0.15) is 5.75 Å². The van der Waals surface area contributed by atoms with E-state index in [1.807, 2.05) is 50.2 Å². The van der Waals surface area contributed by atoms with Crippen molar-refractivity contribution in [2.24, 2.45) is 5.10 Å². The molecule has 22 heavy (non-hydrogen) atoms. The van der Waals surface area contributed by atoms with Gasteiger partial charge in [0, 0.05) is 0 Å². The van der Waals surface area contributed by atoms with Crippen LogP contribution in [0, 0.1) is 13.8 Å². The number of aryl methyl sites for hydroxylation is 2. The van der Waals surface area contributed by atoms with Crippen LogP contribution in [0.2, 0.25) is 0 Å². The average molecular weight is 296 g/mol. The highest BCUT2D eigenvalue weighted by molar-refractivity contribution is 5.83. The Morgan fingerprint density at radius 3 is 2.77 bits per heavy atom. The molecule has 0 aromatic heterocycles. The molecule has 0 radical (unpaired) electrons. The number of hydrogen-bond acceptors (Lipinski definition) is 3. The lowest BCUT2D eigenvalue weighted by Gasteiger charge is -2.05. The smallest absolute Gasteiger partial charge is 0.244 e. The van der Waals surface area contributed by atoms with E-state index >= 15 is 0 Å². The third kappa shape index (κ3) is 4.45. The van der Waals surface area contributed by atoms with Gasteiger partial charge < -0.3 is 4.74 Å². The molecule has 0 aliphatic heterocycles. The molecule has 1 amide bonds. The summed E-state index contributed by atoms with van der Waals surface area (Å²) >= 11 is 0. The molecule has 1 N–H and O–H groups in total. The SMILES string of the molecule is COc1cccc(/C=N/NC(=O)Cc2ccc(C)cc2C)c1. The minimum Gasteiger partial charge on any atom is -0.497 e. The van der Waals surface area contributed by atoms with Crippen molar-refractivity contribution >= 4 is 12.1 Å². The largest absolute Gasteiger partial charge is 0.497 e. The molecule has 0 heterocycles. The van der Waals surface area contributed by atoms with Crippen LogP contribution in [0.25, 0.3) is 0 Å². The minimum absolute atomic E-state index is 0.133. The molecule has 0 bridgehead atoms. The summed E-state index contributed by atoms with van der Waals surface area (Å²) in [5, 5.41) is 3.98. The van der Waals surface area contributed by atoms with Crippen LogP contribution < -0.4 is 10.2 Å². The number of ether oxygens (including phenoxy) is 1. The first-order valence-corrected chi connectivity index (χ1v) is 7.10. The van der Waals surface area contributed by atoms with Crippen LogP contribution in [0.4, 0.5) is 0 Å². The van der Waals surface area contributed by atoms with Crippen LogP contribution >= 0.6 is 0 Å². The monoisotopic (exact) mass is 296 g/mol. The number of hydrogen-bond donors (Lipinski definition) is 1. The van der Waals surface area contributed by atoms with Gasteiger partial charge in [-0.3, -0.25) is 4.79 Å². The Kier molecular flexibility index (Phi) is 5.31. The van der Waals surface area contributed by atoms with Gasteiger partial charge in [-0.1, -0.05) is 35.9 Å². The molecule has 114 valence electrons. The number of carbonyl (C=O) groups is 1. The van der Waals surface area contributed by atoms with E-state index in [-0.39, 0.29) is 5.91 Å². The molecule has 0 fully saturated rings. The van der Waals surface area contributed by atoms with Crippen molar-refractivity contribution in [2.75, 3.05) is 7.11 Å². The molecule has 4 nitrogen and oxygen atoms in total. The average Bonchev–Trinajstić information content (AvgIpc) is 2.50. The van der Waals surface area contributed by atoms with E-state index in [9.17, 15) is 4.79 Å². The second-order valence-electron chi connectivity index (χ2n) is 5.18. The Labute approximate surface area is 130 Å². The summed E-state index contributed by atoms with van der Waals surface area (Å²) < 4.78 is 5.14. The van der Waals surface area contributed by atoms with Crippen LogP contribution in [-0.4, -0.2) is 19.2 Å². The van der Waals surface area contributed by atoms with E-state index in [2.05, 4.69) is 16.6 Å². The Hall–Kier alpha value is -2.62. The Balaban J connectivity index is 1.93. The summed E-state index contributed by atoms with van der Waals surface area (Å²) in [6.45, 7) is 4.05. The van der Waals surface area contributed by atoms with Crippen molar-refractivity contribution in [3.05, 3.63) is 64.7 Å². The summed E-state index contributed by atoms with van der Waals surface area (Å²) in [5.74, 6) is 0.622. The lowest BCUT2D eigenvalue weighted by Crippen LogP contribution is -2.20. The Bertz CT molecular complexity index is 693. The van der Waals surface area contributed by atoms with E-state index in [4.69, 9.17) is 4.74 Å². The molecular weight excluding hydrogens is 276 g/mol. The van der Waals surface area contributed by atoms with Gasteiger partial charge in [-0.2, -0.15) is 5.10 Å². The molecule has 0 spiro atoms. The first-order valence-electron chi connectivity index (χ1n) is 7.10. The standard InChI is InChI=1S/C18H20N2O2/c1-13-7-8-16(14(2)9-13)11-18(21)20-19-12-15-5-4-6-17(10-15)22-3/h4-10,12H,11H2,1-3H3,(H,20,21)/b19-12+. The Morgan fingerprint density at radius 2 is 2.05 bits per heavy atom. The van der Waals surface area contributed by atoms with Crippen molar-refractivity contribution in [3.63, 3.8) is 0 Å². The molecule has 2 aromatic carbocycles. The maximum atomic E-state index is 11.9. The number of methoxy groups -OCH3 is 1. The maximum Gasteiger partial charge on any atom is 0.244 e. The van der Waals surface area contributed by atoms with Crippen LogP contribution in [0.3, 0.4) is 0 Å². The van der Waals surface area contributed by atoms with Gasteiger partial charge in [0.05, 0.1) is 19.7 Å². The number of rotatable bonds is 5. The van der Waals surface area contributed by atoms with Crippen molar-refractivity contribution in [2.45, 2.75) is 20.3 Å². The molecule has 0 aliphatic carbocycles. The van der Waals surface area contributed by atoms with Gasteiger partial charge >= 0.3 is 0 Å². The number of carbonyl (C=O) groups excluding carboxylic acids is 1. The zero-order chi connectivity index (χ0) is 15.9. The van der Waals surface area contributed by atoms with Crippen molar-refractivity contribution < 1.29 is 9.53 Å². The third-order valence-corrected chi connectivity index (χ3v) is 3.35. The fourth-order valence-electron chi connectivity index (χ4n) is 2.16. The second-order valence-corrected chi connectivity index (χ2v) is 5.18. The molecule has 0 saturated heterocycles. The minimum atomic E-state index is -0.133. The third-order valence-electron chi connectivity index (χ3n) is 3.35. The van der Waals surface area contributed by atoms with Gasteiger partial charge in [0.2, 0.25) is 5.91 Å². The molecular formula is C18H20N2O2. The first kappa shape index (κ1) is 15.8. The normalized spacial score (nSPS) is 10.7. The zero-order valence-electron chi connectivity index (χ0n) is 13.1. The number of hydrazone groups is 1. The molecule has 0 atom stereocenters. The maximum absolute atomic E-state index is 11.9. The molecule has 0 unspecified atom stereocenters. The number of nitrogens with one attached hydrogen (secondary N) is 1. The van der Waals surface area contributed by atoms with E-state index in [1.54, 1.807) is 13.3 Å². The lowest BCUT2D eigenvalue weighted by atomic mass is 10.0. The van der Waals surface area contributed by atoms with Gasteiger partial charge in [-0.15, -0.1) is 0 Å². The van der Waals surface area contributed by atoms with Gasteiger partial charge in [-0.05, 0) is 42.7 Å². The van der Waals surface area contributed by atoms with Crippen LogP contribution in [0.1, 0.15) is 22.3 Å². The fourth-order valence-corrected chi connectivity index (χ4v) is 2.16. The highest BCUT2D eigenvalue weighted by Crippen LogP contribution is 2.12. The predicted octanol–water partition coefficient (Wildman–Crippen LogP) is 3.00. The topological polar surface area (TPSA) is 50.7 Å². The van der Waals surface area contributed by atoms with Crippen LogP contribution in [0.15, 0.2) is 47.6 Å². The molecule has 0 aliphatic rings. The van der Waals surface area contributed by atoms with E-state index < -0.39 is 0 Å². The zero-order valence-corrected chi connectivity index (χ0v) is 13.1. The predicted molar refractivity (Wildman–Crippen MR) is 88.4 cm³/mol. The summed E-state index contributed by atoms with van der Waals surface area (Å²) in [6, 6.07) is 13.5. The second kappa shape index (κ2) is 7.41. The highest BCUT2D eigenvalue weighted by atomic mass is 16.5. The summed E-state index contributed by atoms with van der Waals surface area (Å²) in [4.78, 5) is 11.9. The number of nitrogens with zero attached hydrogens (tertiary/aromatic N) is 1. The molecule has 2 aromatic rings. The number of benzene rings is 2. The van der Waals surface area contributed by atoms with E-state index in [1.165, 1.54) is 5.56 Å². The van der Waals surface area contributed by atoms with Crippen molar-refractivity contribution in [3.8, 4) is 5.75 Å². The first-order chi connectivity index (χ1) is 10.6. The van der Waals surface area contributed by atoms with E-state index in [0.29, 0.717) is 6.42 Å². The lowest BCUT2D eigenvalue weighted by molar-refractivity contribution is -0.120. The molecule has 4 heteroatoms. The number of amides is 1.